The molecule has 0 saturated carbocycles. The Morgan fingerprint density at radius 1 is 0.720 bits per heavy atom. The highest BCUT2D eigenvalue weighted by Crippen LogP contribution is 1.98. The predicted octanol–water partition coefficient (Wildman–Crippen LogP) is 1.59. The standard InChI is InChI=1S/C17H30O8/c1-2-3-4-5-8-22-9-10-23-11-12-24-13-14-25-16(19)7-6-15(18)17(20)21/h2-14H2,1H3,(H,20,21). The summed E-state index contributed by atoms with van der Waals surface area (Å²) in [5.41, 5.74) is 0. The van der Waals surface area contributed by atoms with E-state index in [2.05, 4.69) is 6.92 Å². The maximum atomic E-state index is 11.2. The molecule has 0 aromatic carbocycles. The lowest BCUT2D eigenvalue weighted by molar-refractivity contribution is -0.151. The van der Waals surface area contributed by atoms with Gasteiger partial charge in [-0.2, -0.15) is 0 Å². The number of hydrogen-bond donors (Lipinski definition) is 1. The van der Waals surface area contributed by atoms with Gasteiger partial charge in [0.1, 0.15) is 6.61 Å². The smallest absolute Gasteiger partial charge is 0.372 e. The molecule has 0 aliphatic heterocycles. The number of unbranched alkanes of at least 4 members (excludes halogenated alkanes) is 3. The van der Waals surface area contributed by atoms with Crippen LogP contribution in [0.2, 0.25) is 0 Å². The zero-order valence-electron chi connectivity index (χ0n) is 15.0. The first-order chi connectivity index (χ1) is 12.1. The van der Waals surface area contributed by atoms with Gasteiger partial charge < -0.3 is 24.1 Å². The van der Waals surface area contributed by atoms with Gasteiger partial charge in [-0.1, -0.05) is 26.2 Å². The van der Waals surface area contributed by atoms with Crippen molar-refractivity contribution in [2.75, 3.05) is 46.2 Å². The first-order valence-electron chi connectivity index (χ1n) is 8.73. The van der Waals surface area contributed by atoms with Crippen LogP contribution in [0, 0.1) is 0 Å². The monoisotopic (exact) mass is 362 g/mol. The third kappa shape index (κ3) is 17.1. The molecular weight excluding hydrogens is 332 g/mol. The molecule has 0 rings (SSSR count). The zero-order valence-corrected chi connectivity index (χ0v) is 15.0. The third-order valence-electron chi connectivity index (χ3n) is 3.17. The topological polar surface area (TPSA) is 108 Å². The molecule has 0 heterocycles. The van der Waals surface area contributed by atoms with Gasteiger partial charge in [-0.25, -0.2) is 4.79 Å². The second kappa shape index (κ2) is 17.3. The molecule has 0 fully saturated rings. The van der Waals surface area contributed by atoms with Gasteiger partial charge in [-0.15, -0.1) is 0 Å². The number of Topliss-reactive ketones (excluding diaryl/α,β-unsaturated/α-hetero) is 1. The minimum absolute atomic E-state index is 0.0565. The fourth-order valence-corrected chi connectivity index (χ4v) is 1.78. The van der Waals surface area contributed by atoms with E-state index in [4.69, 9.17) is 24.1 Å². The summed E-state index contributed by atoms with van der Waals surface area (Å²) in [6.07, 6.45) is 4.14. The zero-order chi connectivity index (χ0) is 18.8. The normalized spacial score (nSPS) is 10.6. The van der Waals surface area contributed by atoms with Crippen LogP contribution in [0.15, 0.2) is 0 Å². The van der Waals surface area contributed by atoms with Gasteiger partial charge in [-0.05, 0) is 6.42 Å². The van der Waals surface area contributed by atoms with Crippen LogP contribution in [-0.4, -0.2) is 69.1 Å². The summed E-state index contributed by atoms with van der Waals surface area (Å²) in [7, 11) is 0. The average molecular weight is 362 g/mol. The molecular formula is C17H30O8. The molecule has 8 heteroatoms. The quantitative estimate of drug-likeness (QED) is 0.222. The van der Waals surface area contributed by atoms with E-state index in [0.717, 1.165) is 13.0 Å². The Bertz CT molecular complexity index is 370. The number of carbonyl (C=O) groups excluding carboxylic acids is 2. The summed E-state index contributed by atoms with van der Waals surface area (Å²) in [6.45, 7) is 5.11. The SMILES string of the molecule is CCCCCCOCCOCCOCCOC(=O)CCC(=O)C(=O)O. The Morgan fingerprint density at radius 3 is 1.84 bits per heavy atom. The number of hydrogen-bond acceptors (Lipinski definition) is 7. The lowest BCUT2D eigenvalue weighted by atomic mass is 10.2. The number of aliphatic carboxylic acids is 1. The molecule has 0 aromatic heterocycles. The van der Waals surface area contributed by atoms with Crippen molar-refractivity contribution in [2.24, 2.45) is 0 Å². The fraction of sp³-hybridized carbons (Fsp3) is 0.824. The Labute approximate surface area is 148 Å². The van der Waals surface area contributed by atoms with Gasteiger partial charge in [0.05, 0.1) is 39.5 Å². The van der Waals surface area contributed by atoms with Crippen LogP contribution < -0.4 is 0 Å². The highest BCUT2D eigenvalue weighted by molar-refractivity contribution is 6.32. The van der Waals surface area contributed by atoms with E-state index < -0.39 is 17.7 Å². The summed E-state index contributed by atoms with van der Waals surface area (Å²) in [5, 5.41) is 8.36. The van der Waals surface area contributed by atoms with E-state index in [1.165, 1.54) is 19.3 Å². The van der Waals surface area contributed by atoms with Gasteiger partial charge in [0, 0.05) is 13.0 Å². The summed E-state index contributed by atoms with van der Waals surface area (Å²) in [6, 6.07) is 0. The lowest BCUT2D eigenvalue weighted by Gasteiger charge is -2.07. The molecule has 1 N–H and O–H groups in total. The van der Waals surface area contributed by atoms with Crippen LogP contribution in [0.5, 0.6) is 0 Å². The van der Waals surface area contributed by atoms with Gasteiger partial charge in [0.15, 0.2) is 0 Å². The fourth-order valence-electron chi connectivity index (χ4n) is 1.78. The number of esters is 1. The predicted molar refractivity (Wildman–Crippen MR) is 89.4 cm³/mol. The first-order valence-corrected chi connectivity index (χ1v) is 8.73. The minimum atomic E-state index is -1.54. The second-order valence-corrected chi connectivity index (χ2v) is 5.35. The van der Waals surface area contributed by atoms with E-state index in [1.54, 1.807) is 0 Å². The summed E-state index contributed by atoms with van der Waals surface area (Å²) >= 11 is 0. The van der Waals surface area contributed by atoms with Crippen molar-refractivity contribution in [1.82, 2.24) is 0 Å². The van der Waals surface area contributed by atoms with Crippen LogP contribution in [0.1, 0.15) is 45.4 Å². The molecule has 25 heavy (non-hydrogen) atoms. The number of ether oxygens (including phenoxy) is 4. The Balaban J connectivity index is 3.22. The molecule has 0 spiro atoms. The second-order valence-electron chi connectivity index (χ2n) is 5.35. The van der Waals surface area contributed by atoms with Crippen molar-refractivity contribution in [3.63, 3.8) is 0 Å². The molecule has 0 aliphatic carbocycles. The largest absolute Gasteiger partial charge is 0.476 e. The van der Waals surface area contributed by atoms with Crippen LogP contribution in [0.3, 0.4) is 0 Å². The molecule has 8 nitrogen and oxygen atoms in total. The van der Waals surface area contributed by atoms with Crippen LogP contribution in [-0.2, 0) is 33.3 Å². The van der Waals surface area contributed by atoms with Crippen LogP contribution in [0.25, 0.3) is 0 Å². The lowest BCUT2D eigenvalue weighted by Crippen LogP contribution is -2.17. The number of carbonyl (C=O) groups is 3. The van der Waals surface area contributed by atoms with Gasteiger partial charge in [-0.3, -0.25) is 9.59 Å². The van der Waals surface area contributed by atoms with Gasteiger partial charge in [0.25, 0.3) is 0 Å². The summed E-state index contributed by atoms with van der Waals surface area (Å²) in [4.78, 5) is 32.3. The number of ketones is 1. The van der Waals surface area contributed by atoms with Crippen molar-refractivity contribution in [3.05, 3.63) is 0 Å². The van der Waals surface area contributed by atoms with Crippen molar-refractivity contribution in [3.8, 4) is 0 Å². The van der Waals surface area contributed by atoms with Gasteiger partial charge in [0.2, 0.25) is 5.78 Å². The Kier molecular flexibility index (Phi) is 16.3. The molecule has 0 unspecified atom stereocenters. The first kappa shape index (κ1) is 23.5. The van der Waals surface area contributed by atoms with Crippen LogP contribution >= 0.6 is 0 Å². The van der Waals surface area contributed by atoms with E-state index in [9.17, 15) is 14.4 Å². The van der Waals surface area contributed by atoms with Crippen LogP contribution in [0.4, 0.5) is 0 Å². The van der Waals surface area contributed by atoms with Gasteiger partial charge >= 0.3 is 11.9 Å². The van der Waals surface area contributed by atoms with E-state index >= 15 is 0 Å². The molecule has 0 amide bonds. The average Bonchev–Trinajstić information content (AvgIpc) is 2.59. The van der Waals surface area contributed by atoms with Crippen molar-refractivity contribution in [2.45, 2.75) is 45.4 Å². The van der Waals surface area contributed by atoms with E-state index in [1.807, 2.05) is 0 Å². The van der Waals surface area contributed by atoms with E-state index in [0.29, 0.717) is 26.4 Å². The Morgan fingerprint density at radius 2 is 1.28 bits per heavy atom. The maximum Gasteiger partial charge on any atom is 0.372 e. The highest BCUT2D eigenvalue weighted by atomic mass is 16.6. The maximum absolute atomic E-state index is 11.2. The molecule has 0 aliphatic rings. The Hall–Kier alpha value is -1.51. The number of carboxylic acid groups (broad SMARTS) is 1. The third-order valence-corrected chi connectivity index (χ3v) is 3.17. The molecule has 0 radical (unpaired) electrons. The molecule has 0 aromatic rings. The highest BCUT2D eigenvalue weighted by Gasteiger charge is 2.13. The molecule has 0 saturated heterocycles. The molecule has 146 valence electrons. The number of carboxylic acids is 1. The number of rotatable bonds is 18. The minimum Gasteiger partial charge on any atom is -0.476 e. The molecule has 0 atom stereocenters. The summed E-state index contributed by atoms with van der Waals surface area (Å²) in [5.74, 6) is -3.17. The van der Waals surface area contributed by atoms with Crippen molar-refractivity contribution < 1.29 is 38.4 Å². The van der Waals surface area contributed by atoms with Crippen molar-refractivity contribution >= 4 is 17.7 Å². The summed E-state index contributed by atoms with van der Waals surface area (Å²) < 4.78 is 20.8. The van der Waals surface area contributed by atoms with Crippen molar-refractivity contribution in [1.29, 1.82) is 0 Å². The van der Waals surface area contributed by atoms with E-state index in [-0.39, 0.29) is 26.1 Å². The molecule has 0 bridgehead atoms.